The fraction of sp³-hybridized carbons (Fsp3) is 0.182. The molecule has 0 bridgehead atoms. The highest BCUT2D eigenvalue weighted by atomic mass is 32.2. The Hall–Kier alpha value is -1.49. The van der Waals surface area contributed by atoms with Gasteiger partial charge in [-0.25, -0.2) is 4.39 Å². The third-order valence-corrected chi connectivity index (χ3v) is 2.98. The molecule has 1 aliphatic heterocycles. The molecule has 0 spiro atoms. The number of carbonyl (C=O) groups is 1. The normalized spacial score (nSPS) is 18.2. The van der Waals surface area contributed by atoms with Crippen molar-refractivity contribution in [3.63, 3.8) is 0 Å². The maximum atomic E-state index is 12.6. The van der Waals surface area contributed by atoms with Crippen LogP contribution in [0.2, 0.25) is 0 Å². The smallest absolute Gasteiger partial charge is 0.202 e. The number of halogens is 1. The topological polar surface area (TPSA) is 38.3 Å². The molecule has 16 heavy (non-hydrogen) atoms. The molecule has 0 fully saturated rings. The first-order valence-electron chi connectivity index (χ1n) is 4.73. The summed E-state index contributed by atoms with van der Waals surface area (Å²) in [5.74, 6) is 0.126. The van der Waals surface area contributed by atoms with Crippen LogP contribution in [0.25, 0.3) is 0 Å². The predicted molar refractivity (Wildman–Crippen MR) is 60.6 cm³/mol. The Balaban J connectivity index is 1.82. The quantitative estimate of drug-likeness (QED) is 0.871. The molecule has 3 nitrogen and oxygen atoms in total. The van der Waals surface area contributed by atoms with Gasteiger partial charge in [-0.05, 0) is 29.7 Å². The standard InChI is InChI=1S/C11H10FNO2S/c12-8-1-3-9(4-2-8)15-7-10(14)11-13-5-6-16-11/h1-6,11,13H,7H2. The Labute approximate surface area is 96.7 Å². The van der Waals surface area contributed by atoms with Crippen LogP contribution in [0.3, 0.4) is 0 Å². The first-order chi connectivity index (χ1) is 7.75. The summed E-state index contributed by atoms with van der Waals surface area (Å²) in [4.78, 5) is 11.6. The first kappa shape index (κ1) is 11.0. The molecule has 0 radical (unpaired) electrons. The number of Topliss-reactive ketones (excluding diaryl/α,β-unsaturated/α-hetero) is 1. The van der Waals surface area contributed by atoms with Gasteiger partial charge in [0, 0.05) is 6.20 Å². The van der Waals surface area contributed by atoms with Gasteiger partial charge in [0.15, 0.2) is 0 Å². The summed E-state index contributed by atoms with van der Waals surface area (Å²) in [7, 11) is 0. The zero-order chi connectivity index (χ0) is 11.4. The van der Waals surface area contributed by atoms with Crippen LogP contribution in [0.5, 0.6) is 5.75 Å². The summed E-state index contributed by atoms with van der Waals surface area (Å²) in [6.45, 7) is -0.0159. The van der Waals surface area contributed by atoms with Crippen LogP contribution in [-0.4, -0.2) is 17.8 Å². The fourth-order valence-electron chi connectivity index (χ4n) is 1.21. The second-order valence-corrected chi connectivity index (χ2v) is 4.21. The van der Waals surface area contributed by atoms with Crippen molar-refractivity contribution in [2.45, 2.75) is 5.37 Å². The highest BCUT2D eigenvalue weighted by molar-refractivity contribution is 8.03. The Bertz CT molecular complexity index is 397. The number of nitrogens with one attached hydrogen (secondary N) is 1. The average Bonchev–Trinajstić information content (AvgIpc) is 2.81. The van der Waals surface area contributed by atoms with E-state index < -0.39 is 0 Å². The number of benzene rings is 1. The van der Waals surface area contributed by atoms with Crippen LogP contribution in [0, 0.1) is 5.82 Å². The van der Waals surface area contributed by atoms with E-state index in [1.165, 1.54) is 36.0 Å². The number of ketones is 1. The molecule has 84 valence electrons. The van der Waals surface area contributed by atoms with Gasteiger partial charge in [-0.1, -0.05) is 11.8 Å². The van der Waals surface area contributed by atoms with E-state index >= 15 is 0 Å². The van der Waals surface area contributed by atoms with Crippen molar-refractivity contribution in [2.75, 3.05) is 6.61 Å². The van der Waals surface area contributed by atoms with Crippen LogP contribution >= 0.6 is 11.8 Å². The summed E-state index contributed by atoms with van der Waals surface area (Å²) >= 11 is 1.41. The lowest BCUT2D eigenvalue weighted by Gasteiger charge is -2.10. The molecule has 2 rings (SSSR count). The van der Waals surface area contributed by atoms with Crippen LogP contribution in [0.4, 0.5) is 4.39 Å². The summed E-state index contributed by atoms with van der Waals surface area (Å²) in [5, 5.41) is 4.45. The molecule has 1 aromatic rings. The molecule has 0 aromatic heterocycles. The minimum absolute atomic E-state index is 0.0159. The lowest BCUT2D eigenvalue weighted by molar-refractivity contribution is -0.120. The van der Waals surface area contributed by atoms with Crippen molar-refractivity contribution in [2.24, 2.45) is 0 Å². The monoisotopic (exact) mass is 239 g/mol. The molecule has 0 saturated carbocycles. The van der Waals surface area contributed by atoms with E-state index in [0.29, 0.717) is 5.75 Å². The SMILES string of the molecule is O=C(COc1ccc(F)cc1)C1NC=CS1. The van der Waals surface area contributed by atoms with E-state index in [0.717, 1.165) is 0 Å². The first-order valence-corrected chi connectivity index (χ1v) is 5.67. The van der Waals surface area contributed by atoms with Gasteiger partial charge in [-0.2, -0.15) is 0 Å². The molecule has 0 saturated heterocycles. The molecule has 0 aliphatic carbocycles. The summed E-state index contributed by atoms with van der Waals surface area (Å²) < 4.78 is 17.8. The number of hydrogen-bond donors (Lipinski definition) is 1. The minimum atomic E-state index is -0.323. The molecular weight excluding hydrogens is 229 g/mol. The Morgan fingerprint density at radius 3 is 2.81 bits per heavy atom. The third kappa shape index (κ3) is 2.76. The van der Waals surface area contributed by atoms with Crippen molar-refractivity contribution < 1.29 is 13.9 Å². The minimum Gasteiger partial charge on any atom is -0.486 e. The second kappa shape index (κ2) is 5.03. The maximum Gasteiger partial charge on any atom is 0.202 e. The molecule has 1 N–H and O–H groups in total. The third-order valence-electron chi connectivity index (χ3n) is 2.02. The molecular formula is C11H10FNO2S. The van der Waals surface area contributed by atoms with Gasteiger partial charge < -0.3 is 10.1 Å². The van der Waals surface area contributed by atoms with Crippen molar-refractivity contribution in [3.05, 3.63) is 41.7 Å². The van der Waals surface area contributed by atoms with Gasteiger partial charge in [0.1, 0.15) is 23.5 Å². The van der Waals surface area contributed by atoms with Crippen LogP contribution in [0.15, 0.2) is 35.9 Å². The number of carbonyl (C=O) groups excluding carboxylic acids is 1. The van der Waals surface area contributed by atoms with Crippen LogP contribution < -0.4 is 10.1 Å². The highest BCUT2D eigenvalue weighted by Gasteiger charge is 2.19. The summed E-state index contributed by atoms with van der Waals surface area (Å²) in [6.07, 6.45) is 1.73. The number of ether oxygens (including phenoxy) is 1. The number of rotatable bonds is 4. The molecule has 1 atom stereocenters. The molecule has 1 aromatic carbocycles. The van der Waals surface area contributed by atoms with E-state index in [-0.39, 0.29) is 23.6 Å². The maximum absolute atomic E-state index is 12.6. The van der Waals surface area contributed by atoms with E-state index in [4.69, 9.17) is 4.74 Å². The van der Waals surface area contributed by atoms with Gasteiger partial charge in [0.25, 0.3) is 0 Å². The average molecular weight is 239 g/mol. The van der Waals surface area contributed by atoms with Crippen molar-refractivity contribution >= 4 is 17.5 Å². The largest absolute Gasteiger partial charge is 0.486 e. The Kier molecular flexibility index (Phi) is 3.46. The lowest BCUT2D eigenvalue weighted by Crippen LogP contribution is -2.31. The van der Waals surface area contributed by atoms with Crippen molar-refractivity contribution in [3.8, 4) is 5.75 Å². The number of thioether (sulfide) groups is 1. The second-order valence-electron chi connectivity index (χ2n) is 3.19. The van der Waals surface area contributed by atoms with Crippen molar-refractivity contribution in [1.82, 2.24) is 5.32 Å². The van der Waals surface area contributed by atoms with Gasteiger partial charge in [-0.3, -0.25) is 4.79 Å². The van der Waals surface area contributed by atoms with E-state index in [9.17, 15) is 9.18 Å². The van der Waals surface area contributed by atoms with E-state index in [1.807, 2.05) is 5.41 Å². The van der Waals surface area contributed by atoms with E-state index in [1.54, 1.807) is 6.20 Å². The van der Waals surface area contributed by atoms with Gasteiger partial charge in [-0.15, -0.1) is 0 Å². The van der Waals surface area contributed by atoms with Crippen LogP contribution in [-0.2, 0) is 4.79 Å². The molecule has 1 aliphatic rings. The predicted octanol–water partition coefficient (Wildman–Crippen LogP) is 1.91. The Morgan fingerprint density at radius 1 is 1.44 bits per heavy atom. The lowest BCUT2D eigenvalue weighted by atomic mass is 10.3. The number of hydrogen-bond acceptors (Lipinski definition) is 4. The zero-order valence-corrected chi connectivity index (χ0v) is 9.17. The van der Waals surface area contributed by atoms with Gasteiger partial charge in [0.05, 0.1) is 0 Å². The van der Waals surface area contributed by atoms with Gasteiger partial charge >= 0.3 is 0 Å². The molecule has 0 amide bonds. The molecule has 1 unspecified atom stereocenters. The zero-order valence-electron chi connectivity index (χ0n) is 8.35. The fourth-order valence-corrected chi connectivity index (χ4v) is 1.90. The van der Waals surface area contributed by atoms with Crippen LogP contribution in [0.1, 0.15) is 0 Å². The van der Waals surface area contributed by atoms with Crippen molar-refractivity contribution in [1.29, 1.82) is 0 Å². The highest BCUT2D eigenvalue weighted by Crippen LogP contribution is 2.17. The summed E-state index contributed by atoms with van der Waals surface area (Å²) in [6, 6.07) is 5.58. The van der Waals surface area contributed by atoms with E-state index in [2.05, 4.69) is 5.32 Å². The molecule has 5 heteroatoms. The molecule has 1 heterocycles. The summed E-state index contributed by atoms with van der Waals surface area (Å²) in [5.41, 5.74) is 0. The Morgan fingerprint density at radius 2 is 2.19 bits per heavy atom. The van der Waals surface area contributed by atoms with Gasteiger partial charge in [0.2, 0.25) is 5.78 Å².